The average Bonchev–Trinajstić information content (AvgIpc) is 2.91. The van der Waals surface area contributed by atoms with Gasteiger partial charge in [0.1, 0.15) is 12.1 Å². The largest absolute Gasteiger partial charge is 0.480 e. The Kier molecular flexibility index (Phi) is 6.62. The summed E-state index contributed by atoms with van der Waals surface area (Å²) in [4.78, 5) is 47.3. The van der Waals surface area contributed by atoms with Gasteiger partial charge in [-0.05, 0) is 12.8 Å². The standard InChI is InChI=1S/C12H20N4O5S/c13-6(4-9(14)17)11(19)16-3-1-2-8(16)10(18)15-7(5-22)12(20)21/h6-8,22H,1-5,13H2,(H2,14,17)(H,15,18)(H,20,21)/t6-,7-,8-/m0/s1. The van der Waals surface area contributed by atoms with Crippen LogP contribution in [0.3, 0.4) is 0 Å². The fourth-order valence-corrected chi connectivity index (χ4v) is 2.52. The van der Waals surface area contributed by atoms with Gasteiger partial charge in [-0.3, -0.25) is 14.4 Å². The number of nitrogens with zero attached hydrogens (tertiary/aromatic N) is 1. The molecule has 0 saturated carbocycles. The summed E-state index contributed by atoms with van der Waals surface area (Å²) in [6, 6.07) is -3.04. The van der Waals surface area contributed by atoms with Crippen molar-refractivity contribution in [1.29, 1.82) is 0 Å². The minimum atomic E-state index is -1.20. The van der Waals surface area contributed by atoms with Crippen molar-refractivity contribution in [1.82, 2.24) is 10.2 Å². The van der Waals surface area contributed by atoms with Gasteiger partial charge in [0.05, 0.1) is 12.5 Å². The van der Waals surface area contributed by atoms with Crippen LogP contribution in [-0.2, 0) is 19.2 Å². The number of carboxylic acids is 1. The van der Waals surface area contributed by atoms with Gasteiger partial charge in [0.15, 0.2) is 0 Å². The predicted octanol–water partition coefficient (Wildman–Crippen LogP) is -2.32. The minimum absolute atomic E-state index is 0.0665. The number of hydrogen-bond acceptors (Lipinski definition) is 6. The topological polar surface area (TPSA) is 156 Å². The van der Waals surface area contributed by atoms with Crippen LogP contribution in [0.15, 0.2) is 0 Å². The normalized spacial score (nSPS) is 20.3. The first-order valence-electron chi connectivity index (χ1n) is 6.76. The summed E-state index contributed by atoms with van der Waals surface area (Å²) in [5.74, 6) is -3.09. The average molecular weight is 332 g/mol. The number of primary amides is 1. The molecule has 1 rings (SSSR count). The summed E-state index contributed by atoms with van der Waals surface area (Å²) in [6.07, 6.45) is 0.684. The molecular formula is C12H20N4O5S. The van der Waals surface area contributed by atoms with Crippen molar-refractivity contribution in [2.75, 3.05) is 12.3 Å². The first kappa shape index (κ1) is 18.2. The Hall–Kier alpha value is -1.81. The van der Waals surface area contributed by atoms with E-state index in [1.807, 2.05) is 0 Å². The Morgan fingerprint density at radius 3 is 2.50 bits per heavy atom. The zero-order chi connectivity index (χ0) is 16.9. The summed E-state index contributed by atoms with van der Waals surface area (Å²) >= 11 is 3.86. The van der Waals surface area contributed by atoms with Crippen molar-refractivity contribution in [3.05, 3.63) is 0 Å². The molecular weight excluding hydrogens is 312 g/mol. The monoisotopic (exact) mass is 332 g/mol. The van der Waals surface area contributed by atoms with Gasteiger partial charge in [-0.25, -0.2) is 4.79 Å². The number of aliphatic carboxylic acids is 1. The van der Waals surface area contributed by atoms with Crippen LogP contribution in [0.4, 0.5) is 0 Å². The number of hydrogen-bond donors (Lipinski definition) is 5. The molecule has 22 heavy (non-hydrogen) atoms. The zero-order valence-electron chi connectivity index (χ0n) is 11.9. The molecule has 0 aliphatic carbocycles. The van der Waals surface area contributed by atoms with Crippen LogP contribution in [0.25, 0.3) is 0 Å². The Bertz CT molecular complexity index is 472. The van der Waals surface area contributed by atoms with Crippen molar-refractivity contribution in [2.45, 2.75) is 37.4 Å². The molecule has 0 aromatic rings. The van der Waals surface area contributed by atoms with Gasteiger partial charge < -0.3 is 26.8 Å². The second kappa shape index (κ2) is 7.99. The highest BCUT2D eigenvalue weighted by molar-refractivity contribution is 7.80. The third-order valence-corrected chi connectivity index (χ3v) is 3.74. The molecule has 1 fully saturated rings. The molecule has 1 heterocycles. The van der Waals surface area contributed by atoms with Gasteiger partial charge in [-0.15, -0.1) is 0 Å². The van der Waals surface area contributed by atoms with E-state index in [4.69, 9.17) is 16.6 Å². The minimum Gasteiger partial charge on any atom is -0.480 e. The fourth-order valence-electron chi connectivity index (χ4n) is 2.27. The van der Waals surface area contributed by atoms with E-state index in [-0.39, 0.29) is 12.2 Å². The summed E-state index contributed by atoms with van der Waals surface area (Å²) < 4.78 is 0. The molecule has 9 nitrogen and oxygen atoms in total. The number of amides is 3. The molecule has 0 aromatic carbocycles. The summed E-state index contributed by atoms with van der Waals surface area (Å²) in [5.41, 5.74) is 10.6. The Labute approximate surface area is 132 Å². The molecule has 3 amide bonds. The maximum Gasteiger partial charge on any atom is 0.327 e. The lowest BCUT2D eigenvalue weighted by atomic mass is 10.1. The highest BCUT2D eigenvalue weighted by Crippen LogP contribution is 2.19. The molecule has 1 aliphatic heterocycles. The number of nitrogens with two attached hydrogens (primary N) is 2. The van der Waals surface area contributed by atoms with Gasteiger partial charge >= 0.3 is 5.97 Å². The molecule has 0 radical (unpaired) electrons. The smallest absolute Gasteiger partial charge is 0.327 e. The van der Waals surface area contributed by atoms with Crippen LogP contribution in [0.1, 0.15) is 19.3 Å². The second-order valence-electron chi connectivity index (χ2n) is 5.05. The van der Waals surface area contributed by atoms with Crippen LogP contribution >= 0.6 is 12.6 Å². The van der Waals surface area contributed by atoms with Crippen molar-refractivity contribution in [2.24, 2.45) is 11.5 Å². The van der Waals surface area contributed by atoms with E-state index in [0.29, 0.717) is 19.4 Å². The lowest BCUT2D eigenvalue weighted by Crippen LogP contribution is -2.54. The van der Waals surface area contributed by atoms with Crippen LogP contribution in [-0.4, -0.2) is 64.1 Å². The Morgan fingerprint density at radius 2 is 2.00 bits per heavy atom. The molecule has 1 aliphatic rings. The van der Waals surface area contributed by atoms with Crippen LogP contribution < -0.4 is 16.8 Å². The van der Waals surface area contributed by atoms with Crippen molar-refractivity contribution in [3.63, 3.8) is 0 Å². The number of nitrogens with one attached hydrogen (secondary N) is 1. The molecule has 0 spiro atoms. The molecule has 0 bridgehead atoms. The van der Waals surface area contributed by atoms with E-state index < -0.39 is 41.8 Å². The third kappa shape index (κ3) is 4.60. The quantitative estimate of drug-likeness (QED) is 0.329. The van der Waals surface area contributed by atoms with Crippen molar-refractivity contribution < 1.29 is 24.3 Å². The highest BCUT2D eigenvalue weighted by atomic mass is 32.1. The maximum atomic E-state index is 12.2. The van der Waals surface area contributed by atoms with Gasteiger partial charge in [0, 0.05) is 12.3 Å². The Morgan fingerprint density at radius 1 is 1.36 bits per heavy atom. The van der Waals surface area contributed by atoms with Gasteiger partial charge in [-0.1, -0.05) is 0 Å². The van der Waals surface area contributed by atoms with Crippen LogP contribution in [0, 0.1) is 0 Å². The zero-order valence-corrected chi connectivity index (χ0v) is 12.8. The Balaban J connectivity index is 2.73. The molecule has 124 valence electrons. The maximum absolute atomic E-state index is 12.2. The van der Waals surface area contributed by atoms with E-state index >= 15 is 0 Å². The number of rotatable bonds is 7. The van der Waals surface area contributed by atoms with E-state index in [9.17, 15) is 19.2 Å². The number of carbonyl (C=O) groups excluding carboxylic acids is 3. The van der Waals surface area contributed by atoms with E-state index in [2.05, 4.69) is 17.9 Å². The summed E-state index contributed by atoms with van der Waals surface area (Å²) in [7, 11) is 0. The number of likely N-dealkylation sites (tertiary alicyclic amines) is 1. The van der Waals surface area contributed by atoms with Crippen LogP contribution in [0.2, 0.25) is 0 Å². The summed E-state index contributed by atoms with van der Waals surface area (Å²) in [5, 5.41) is 11.2. The molecule has 6 N–H and O–H groups in total. The molecule has 0 aromatic heterocycles. The molecule has 3 atom stereocenters. The predicted molar refractivity (Wildman–Crippen MR) is 79.9 cm³/mol. The van der Waals surface area contributed by atoms with E-state index in [1.165, 1.54) is 4.90 Å². The first-order chi connectivity index (χ1) is 10.3. The number of thiol groups is 1. The van der Waals surface area contributed by atoms with E-state index in [1.54, 1.807) is 0 Å². The SMILES string of the molecule is NC(=O)C[C@H](N)C(=O)N1CCC[C@H]1C(=O)N[C@@H](CS)C(=O)O. The lowest BCUT2D eigenvalue weighted by Gasteiger charge is -2.27. The van der Waals surface area contributed by atoms with Crippen molar-refractivity contribution >= 4 is 36.3 Å². The van der Waals surface area contributed by atoms with E-state index in [0.717, 1.165) is 0 Å². The third-order valence-electron chi connectivity index (χ3n) is 3.37. The molecule has 10 heteroatoms. The summed E-state index contributed by atoms with van der Waals surface area (Å²) in [6.45, 7) is 0.321. The van der Waals surface area contributed by atoms with Crippen LogP contribution in [0.5, 0.6) is 0 Å². The van der Waals surface area contributed by atoms with Gasteiger partial charge in [0.25, 0.3) is 0 Å². The highest BCUT2D eigenvalue weighted by Gasteiger charge is 2.37. The van der Waals surface area contributed by atoms with Gasteiger partial charge in [0.2, 0.25) is 17.7 Å². The lowest BCUT2D eigenvalue weighted by molar-refractivity contribution is -0.143. The van der Waals surface area contributed by atoms with Gasteiger partial charge in [-0.2, -0.15) is 12.6 Å². The number of carboxylic acid groups (broad SMARTS) is 1. The first-order valence-corrected chi connectivity index (χ1v) is 7.39. The second-order valence-corrected chi connectivity index (χ2v) is 5.41. The van der Waals surface area contributed by atoms with Crippen molar-refractivity contribution in [3.8, 4) is 0 Å². The molecule has 1 saturated heterocycles. The molecule has 0 unspecified atom stereocenters. The number of carbonyl (C=O) groups is 4. The fraction of sp³-hybridized carbons (Fsp3) is 0.667.